The molecule has 4 heterocycles. The summed E-state index contributed by atoms with van der Waals surface area (Å²) in [6, 6.07) is 2.87. The maximum atomic E-state index is 12.9. The van der Waals surface area contributed by atoms with Crippen LogP contribution >= 0.6 is 11.6 Å². The molecular formula is C18H17ClN6O5. The summed E-state index contributed by atoms with van der Waals surface area (Å²) in [5.74, 6) is -0.107. The summed E-state index contributed by atoms with van der Waals surface area (Å²) in [5, 5.41) is 10.9. The number of hydrogen-bond acceptors (Lipinski definition) is 5. The molecule has 11 nitrogen and oxygen atoms in total. The highest BCUT2D eigenvalue weighted by atomic mass is 35.5. The minimum Gasteiger partial charge on any atom is -0.508 e. The average molecular weight is 433 g/mol. The number of aromatic nitrogens is 6. The summed E-state index contributed by atoms with van der Waals surface area (Å²) in [4.78, 5) is 50.8. The number of phenols is 1. The zero-order valence-electron chi connectivity index (χ0n) is 16.0. The van der Waals surface area contributed by atoms with E-state index in [0.29, 0.717) is 16.2 Å². The number of rotatable bonds is 1. The maximum Gasteiger partial charge on any atom is 0.347 e. The minimum absolute atomic E-state index is 0.0120. The monoisotopic (exact) mass is 432 g/mol. The van der Waals surface area contributed by atoms with Crippen molar-refractivity contribution in [3.8, 4) is 5.75 Å². The van der Waals surface area contributed by atoms with Crippen LogP contribution in [0.2, 0.25) is 5.02 Å². The van der Waals surface area contributed by atoms with Gasteiger partial charge in [-0.25, -0.2) is 47.0 Å². The summed E-state index contributed by atoms with van der Waals surface area (Å²) < 4.78 is 7.06. The van der Waals surface area contributed by atoms with Gasteiger partial charge in [-0.1, -0.05) is 17.7 Å². The number of nitrogens with zero attached hydrogens (tertiary/aromatic N) is 6. The van der Waals surface area contributed by atoms with Gasteiger partial charge in [-0.05, 0) is 23.8 Å². The third kappa shape index (κ3) is 2.20. The second-order valence-electron chi connectivity index (χ2n) is 7.43. The fraction of sp³-hybridized carbons (Fsp3) is 0.333. The van der Waals surface area contributed by atoms with Crippen molar-refractivity contribution in [1.29, 1.82) is 0 Å². The molecule has 0 bridgehead atoms. The van der Waals surface area contributed by atoms with E-state index >= 15 is 0 Å². The zero-order valence-corrected chi connectivity index (χ0v) is 16.8. The number of halogens is 1. The number of fused-ring (bicyclic) bond motifs is 4. The Kier molecular flexibility index (Phi) is 3.72. The van der Waals surface area contributed by atoms with Crippen molar-refractivity contribution in [1.82, 2.24) is 27.9 Å². The van der Waals surface area contributed by atoms with E-state index in [1.807, 2.05) is 0 Å². The molecule has 0 saturated carbocycles. The van der Waals surface area contributed by atoms with Crippen molar-refractivity contribution < 1.29 is 5.11 Å². The van der Waals surface area contributed by atoms with Crippen LogP contribution in [0.15, 0.2) is 49.0 Å². The lowest BCUT2D eigenvalue weighted by molar-refractivity contribution is 0.244. The number of aromatic hydroxyl groups is 1. The third-order valence-corrected chi connectivity index (χ3v) is 6.11. The first-order valence-corrected chi connectivity index (χ1v) is 9.55. The van der Waals surface area contributed by atoms with Gasteiger partial charge in [0.25, 0.3) is 0 Å². The van der Waals surface area contributed by atoms with Crippen molar-refractivity contribution in [3.63, 3.8) is 0 Å². The average Bonchev–Trinajstić information content (AvgIpc) is 3.08. The van der Waals surface area contributed by atoms with Gasteiger partial charge in [0.05, 0.1) is 19.1 Å². The first-order valence-electron chi connectivity index (χ1n) is 9.17. The second kappa shape index (κ2) is 6.02. The van der Waals surface area contributed by atoms with Gasteiger partial charge in [0.1, 0.15) is 11.8 Å². The van der Waals surface area contributed by atoms with Gasteiger partial charge < -0.3 is 5.11 Å². The molecule has 0 radical (unpaired) electrons. The van der Waals surface area contributed by atoms with E-state index in [4.69, 9.17) is 11.6 Å². The fourth-order valence-electron chi connectivity index (χ4n) is 4.40. The normalized spacial score (nSPS) is 19.8. The Bertz CT molecular complexity index is 1490. The van der Waals surface area contributed by atoms with E-state index < -0.39 is 34.8 Å². The minimum atomic E-state index is -0.875. The molecule has 0 aliphatic carbocycles. The highest BCUT2D eigenvalue weighted by Crippen LogP contribution is 2.41. The van der Waals surface area contributed by atoms with Crippen molar-refractivity contribution >= 4 is 11.6 Å². The van der Waals surface area contributed by atoms with E-state index in [9.17, 15) is 24.3 Å². The van der Waals surface area contributed by atoms with Crippen molar-refractivity contribution in [2.45, 2.75) is 25.2 Å². The highest BCUT2D eigenvalue weighted by Gasteiger charge is 2.41. The molecule has 0 saturated heterocycles. The van der Waals surface area contributed by atoms with Crippen LogP contribution in [-0.4, -0.2) is 33.0 Å². The smallest absolute Gasteiger partial charge is 0.347 e. The maximum absolute atomic E-state index is 12.9. The Labute approximate surface area is 172 Å². The molecule has 0 unspecified atom stereocenters. The topological polar surface area (TPSA) is 118 Å². The van der Waals surface area contributed by atoms with Gasteiger partial charge in [-0.3, -0.25) is 0 Å². The van der Waals surface area contributed by atoms with Crippen molar-refractivity contribution in [3.05, 3.63) is 82.4 Å². The molecule has 156 valence electrons. The summed E-state index contributed by atoms with van der Waals surface area (Å²) in [6.07, 6.45) is 1.75. The third-order valence-electron chi connectivity index (χ3n) is 5.87. The van der Waals surface area contributed by atoms with E-state index in [0.717, 1.165) is 9.13 Å². The summed E-state index contributed by atoms with van der Waals surface area (Å²) >= 11 is 6.15. The molecular weight excluding hydrogens is 416 g/mol. The molecule has 2 aliphatic rings. The number of phenolic OH excluding ortho intramolecular Hbond substituents is 1. The van der Waals surface area contributed by atoms with E-state index in [1.54, 1.807) is 6.08 Å². The van der Waals surface area contributed by atoms with Crippen LogP contribution in [0, 0.1) is 0 Å². The first-order chi connectivity index (χ1) is 14.2. The first kappa shape index (κ1) is 18.6. The highest BCUT2D eigenvalue weighted by molar-refractivity contribution is 6.30. The standard InChI is InChI=1S/C18H17ClN6O5/c1-20-15(27)22-6-5-10-12(24(22)17(20)29)8-23-16(28)21(2)18(30)25(23)14(10)11-7-9(19)3-4-13(11)26/h3-5,7,12,14,26H,6,8H2,1-2H3/t12-,14-/m1/s1. The van der Waals surface area contributed by atoms with Crippen LogP contribution < -0.4 is 22.8 Å². The summed E-state index contributed by atoms with van der Waals surface area (Å²) in [6.45, 7) is 0.103. The van der Waals surface area contributed by atoms with Gasteiger partial charge in [0.2, 0.25) is 0 Å². The number of hydrogen-bond donors (Lipinski definition) is 1. The van der Waals surface area contributed by atoms with Gasteiger partial charge in [-0.2, -0.15) is 0 Å². The summed E-state index contributed by atoms with van der Waals surface area (Å²) in [7, 11) is 2.75. The fourth-order valence-corrected chi connectivity index (χ4v) is 4.58. The quantitative estimate of drug-likeness (QED) is 0.503. The Balaban J connectivity index is 1.87. The SMILES string of the molecule is Cn1c(=O)n2n(c1=O)[C@@H]1Cn3c(=O)n(C)c(=O)n3[C@@H](c3cc(Cl)ccc3O)C1=CC2. The Morgan fingerprint density at radius 2 is 1.57 bits per heavy atom. The molecule has 5 rings (SSSR count). The predicted molar refractivity (Wildman–Crippen MR) is 106 cm³/mol. The molecule has 12 heteroatoms. The molecule has 3 aromatic rings. The van der Waals surface area contributed by atoms with E-state index in [1.165, 1.54) is 51.0 Å². The van der Waals surface area contributed by atoms with Crippen LogP contribution in [0.4, 0.5) is 0 Å². The van der Waals surface area contributed by atoms with Gasteiger partial charge in [0, 0.05) is 24.7 Å². The Morgan fingerprint density at radius 1 is 0.933 bits per heavy atom. The Hall–Kier alpha value is -3.47. The second-order valence-corrected chi connectivity index (χ2v) is 7.86. The van der Waals surface area contributed by atoms with Crippen LogP contribution in [-0.2, 0) is 27.2 Å². The molecule has 0 spiro atoms. The van der Waals surface area contributed by atoms with Crippen LogP contribution in [0.5, 0.6) is 5.75 Å². The summed E-state index contributed by atoms with van der Waals surface area (Å²) in [5.41, 5.74) is -1.18. The van der Waals surface area contributed by atoms with E-state index in [-0.39, 0.29) is 18.8 Å². The molecule has 2 aromatic heterocycles. The largest absolute Gasteiger partial charge is 0.508 e. The lowest BCUT2D eigenvalue weighted by Gasteiger charge is -2.37. The van der Waals surface area contributed by atoms with Gasteiger partial charge in [0.15, 0.2) is 0 Å². The molecule has 0 fully saturated rings. The molecule has 2 atom stereocenters. The van der Waals surface area contributed by atoms with Gasteiger partial charge in [-0.15, -0.1) is 0 Å². The molecule has 0 amide bonds. The lowest BCUT2D eigenvalue weighted by atomic mass is 9.90. The molecule has 1 N–H and O–H groups in total. The predicted octanol–water partition coefficient (Wildman–Crippen LogP) is -0.846. The Morgan fingerprint density at radius 3 is 2.27 bits per heavy atom. The van der Waals surface area contributed by atoms with Crippen molar-refractivity contribution in [2.75, 3.05) is 0 Å². The van der Waals surface area contributed by atoms with E-state index in [2.05, 4.69) is 0 Å². The molecule has 30 heavy (non-hydrogen) atoms. The zero-order chi connectivity index (χ0) is 21.5. The van der Waals surface area contributed by atoms with Gasteiger partial charge >= 0.3 is 22.8 Å². The molecule has 2 aliphatic heterocycles. The van der Waals surface area contributed by atoms with Crippen LogP contribution in [0.3, 0.4) is 0 Å². The molecule has 1 aromatic carbocycles. The number of allylic oxidation sites excluding steroid dienone is 2. The number of benzene rings is 1. The van der Waals surface area contributed by atoms with Crippen LogP contribution in [0.1, 0.15) is 17.6 Å². The van der Waals surface area contributed by atoms with Crippen LogP contribution in [0.25, 0.3) is 0 Å². The van der Waals surface area contributed by atoms with Crippen molar-refractivity contribution in [2.24, 2.45) is 14.1 Å². The lowest BCUT2D eigenvalue weighted by Crippen LogP contribution is -2.46.